The number of hydrazone groups is 1. The molecule has 1 aromatic carbocycles. The van der Waals surface area contributed by atoms with E-state index < -0.39 is 0 Å². The summed E-state index contributed by atoms with van der Waals surface area (Å²) in [6, 6.07) is 6.73. The van der Waals surface area contributed by atoms with E-state index in [1.165, 1.54) is 18.7 Å². The van der Waals surface area contributed by atoms with Crippen LogP contribution in [-0.2, 0) is 4.79 Å². The van der Waals surface area contributed by atoms with E-state index >= 15 is 0 Å². The van der Waals surface area contributed by atoms with Crippen molar-refractivity contribution in [3.05, 3.63) is 52.4 Å². The number of nitrogens with zero attached hydrogens (tertiary/aromatic N) is 1. The van der Waals surface area contributed by atoms with Gasteiger partial charge >= 0.3 is 0 Å². The van der Waals surface area contributed by atoms with E-state index in [9.17, 15) is 4.79 Å². The van der Waals surface area contributed by atoms with E-state index in [1.807, 2.05) is 0 Å². The first-order chi connectivity index (χ1) is 10.6. The molecule has 0 radical (unpaired) electrons. The molecule has 1 N–H and O–H groups in total. The van der Waals surface area contributed by atoms with Gasteiger partial charge in [0.25, 0.3) is 0 Å². The Bertz CT molecular complexity index is 642. The molecule has 1 heterocycles. The molecule has 0 aliphatic rings. The Morgan fingerprint density at radius 1 is 1.36 bits per heavy atom. The van der Waals surface area contributed by atoms with Gasteiger partial charge in [-0.05, 0) is 30.7 Å². The number of rotatable bonds is 7. The third kappa shape index (κ3) is 5.42. The Hall–Kier alpha value is -1.98. The molecule has 2 aromatic rings. The highest BCUT2D eigenvalue weighted by Gasteiger charge is 2.04. The highest BCUT2D eigenvalue weighted by Crippen LogP contribution is 2.27. The smallest absolute Gasteiger partial charge is 0.240 e. The lowest BCUT2D eigenvalue weighted by molar-refractivity contribution is -0.121. The van der Waals surface area contributed by atoms with Gasteiger partial charge in [0, 0.05) is 17.0 Å². The summed E-state index contributed by atoms with van der Waals surface area (Å²) >= 11 is 11.8. The average Bonchev–Trinajstić information content (AvgIpc) is 2.99. The molecule has 0 atom stereocenters. The van der Waals surface area contributed by atoms with Crippen molar-refractivity contribution in [3.8, 4) is 5.75 Å². The number of benzene rings is 1. The minimum absolute atomic E-state index is 0.189. The molecule has 0 aliphatic carbocycles. The van der Waals surface area contributed by atoms with Gasteiger partial charge in [-0.15, -0.1) is 0 Å². The first-order valence-corrected chi connectivity index (χ1v) is 7.32. The lowest BCUT2D eigenvalue weighted by Gasteiger charge is -2.07. The van der Waals surface area contributed by atoms with Crippen LogP contribution >= 0.6 is 23.2 Å². The highest BCUT2D eigenvalue weighted by atomic mass is 35.5. The van der Waals surface area contributed by atoms with E-state index in [-0.39, 0.29) is 5.91 Å². The number of ether oxygens (including phenoxy) is 1. The SMILES string of the molecule is O=C(CCCOc1ccc(Cl)cc1Cl)NN=Cc1ccoc1. The van der Waals surface area contributed by atoms with E-state index in [4.69, 9.17) is 32.4 Å². The fourth-order valence-electron chi connectivity index (χ4n) is 1.59. The number of carbonyl (C=O) groups is 1. The highest BCUT2D eigenvalue weighted by molar-refractivity contribution is 6.35. The molecular weight excluding hydrogens is 327 g/mol. The molecule has 116 valence electrons. The third-order valence-corrected chi connectivity index (χ3v) is 3.18. The van der Waals surface area contributed by atoms with Gasteiger partial charge in [0.1, 0.15) is 5.75 Å². The molecule has 0 aliphatic heterocycles. The van der Waals surface area contributed by atoms with Crippen molar-refractivity contribution in [2.24, 2.45) is 5.10 Å². The second-order valence-corrected chi connectivity index (χ2v) is 5.22. The molecule has 22 heavy (non-hydrogen) atoms. The van der Waals surface area contributed by atoms with E-state index in [0.717, 1.165) is 5.56 Å². The molecule has 0 saturated carbocycles. The first-order valence-electron chi connectivity index (χ1n) is 6.57. The first kappa shape index (κ1) is 16.4. The van der Waals surface area contributed by atoms with Crippen molar-refractivity contribution >= 4 is 35.3 Å². The largest absolute Gasteiger partial charge is 0.492 e. The summed E-state index contributed by atoms with van der Waals surface area (Å²) in [6.07, 6.45) is 5.41. The number of amides is 1. The molecule has 1 amide bonds. The maximum Gasteiger partial charge on any atom is 0.240 e. The number of carbonyl (C=O) groups excluding carboxylic acids is 1. The standard InChI is InChI=1S/C15H14Cl2N2O3/c16-12-3-4-14(13(17)8-12)22-6-1-2-15(20)19-18-9-11-5-7-21-10-11/h3-5,7-10H,1-2,6H2,(H,19,20). The van der Waals surface area contributed by atoms with Crippen molar-refractivity contribution < 1.29 is 13.9 Å². The summed E-state index contributed by atoms with van der Waals surface area (Å²) in [4.78, 5) is 11.5. The van der Waals surface area contributed by atoms with Crippen LogP contribution in [0.3, 0.4) is 0 Å². The second-order valence-electron chi connectivity index (χ2n) is 4.38. The number of halogens is 2. The normalized spacial score (nSPS) is 10.8. The predicted molar refractivity (Wildman–Crippen MR) is 85.6 cm³/mol. The number of furan rings is 1. The van der Waals surface area contributed by atoms with E-state index in [0.29, 0.717) is 35.2 Å². The summed E-state index contributed by atoms with van der Waals surface area (Å²) < 4.78 is 10.4. The number of hydrogen-bond acceptors (Lipinski definition) is 4. The van der Waals surface area contributed by atoms with Crippen LogP contribution in [0.5, 0.6) is 5.75 Å². The van der Waals surface area contributed by atoms with Crippen LogP contribution in [0, 0.1) is 0 Å². The molecule has 5 nitrogen and oxygen atoms in total. The Morgan fingerprint density at radius 2 is 2.23 bits per heavy atom. The van der Waals surface area contributed by atoms with Gasteiger partial charge in [0.2, 0.25) is 5.91 Å². The van der Waals surface area contributed by atoms with Crippen LogP contribution in [0.2, 0.25) is 10.0 Å². The summed E-state index contributed by atoms with van der Waals surface area (Å²) in [5, 5.41) is 4.81. The zero-order valence-electron chi connectivity index (χ0n) is 11.6. The second kappa shape index (κ2) is 8.46. The van der Waals surface area contributed by atoms with Crippen LogP contribution in [0.25, 0.3) is 0 Å². The summed E-state index contributed by atoms with van der Waals surface area (Å²) in [5.41, 5.74) is 3.21. The molecular formula is C15H14Cl2N2O3. The van der Waals surface area contributed by atoms with Gasteiger partial charge in [-0.25, -0.2) is 5.43 Å². The van der Waals surface area contributed by atoms with Crippen LogP contribution in [0.4, 0.5) is 0 Å². The Balaban J connectivity index is 1.64. The summed E-state index contributed by atoms with van der Waals surface area (Å²) in [6.45, 7) is 0.375. The Labute approximate surface area is 137 Å². The molecule has 1 aromatic heterocycles. The maximum atomic E-state index is 11.5. The molecule has 0 fully saturated rings. The minimum Gasteiger partial charge on any atom is -0.492 e. The van der Waals surface area contributed by atoms with Gasteiger partial charge in [0.15, 0.2) is 0 Å². The van der Waals surface area contributed by atoms with Crippen molar-refractivity contribution in [3.63, 3.8) is 0 Å². The van der Waals surface area contributed by atoms with Crippen LogP contribution in [-0.4, -0.2) is 18.7 Å². The fraction of sp³-hybridized carbons (Fsp3) is 0.200. The van der Waals surface area contributed by atoms with Gasteiger partial charge in [-0.1, -0.05) is 23.2 Å². The zero-order valence-corrected chi connectivity index (χ0v) is 13.1. The molecule has 0 bridgehead atoms. The van der Waals surface area contributed by atoms with Crippen LogP contribution in [0.1, 0.15) is 18.4 Å². The van der Waals surface area contributed by atoms with Gasteiger partial charge in [-0.2, -0.15) is 5.10 Å². The lowest BCUT2D eigenvalue weighted by atomic mass is 10.3. The maximum absolute atomic E-state index is 11.5. The van der Waals surface area contributed by atoms with E-state index in [1.54, 1.807) is 24.3 Å². The molecule has 0 saturated heterocycles. The van der Waals surface area contributed by atoms with Crippen molar-refractivity contribution in [2.75, 3.05) is 6.61 Å². The summed E-state index contributed by atoms with van der Waals surface area (Å²) in [5.74, 6) is 0.356. The predicted octanol–water partition coefficient (Wildman–Crippen LogP) is 3.90. The molecule has 7 heteroatoms. The lowest BCUT2D eigenvalue weighted by Crippen LogP contribution is -2.18. The topological polar surface area (TPSA) is 63.8 Å². The molecule has 0 spiro atoms. The summed E-state index contributed by atoms with van der Waals surface area (Å²) in [7, 11) is 0. The quantitative estimate of drug-likeness (QED) is 0.472. The van der Waals surface area contributed by atoms with Gasteiger partial charge in [-0.3, -0.25) is 4.79 Å². The average molecular weight is 341 g/mol. The monoisotopic (exact) mass is 340 g/mol. The fourth-order valence-corrected chi connectivity index (χ4v) is 2.05. The van der Waals surface area contributed by atoms with Crippen molar-refractivity contribution in [2.45, 2.75) is 12.8 Å². The Morgan fingerprint density at radius 3 is 2.95 bits per heavy atom. The van der Waals surface area contributed by atoms with Gasteiger partial charge < -0.3 is 9.15 Å². The Kier molecular flexibility index (Phi) is 6.30. The van der Waals surface area contributed by atoms with Crippen molar-refractivity contribution in [1.29, 1.82) is 0 Å². The van der Waals surface area contributed by atoms with Crippen molar-refractivity contribution in [1.82, 2.24) is 5.43 Å². The number of nitrogens with one attached hydrogen (secondary N) is 1. The molecule has 2 rings (SSSR count). The minimum atomic E-state index is -0.189. The van der Waals surface area contributed by atoms with Gasteiger partial charge in [0.05, 0.1) is 30.4 Å². The van der Waals surface area contributed by atoms with Crippen LogP contribution in [0.15, 0.2) is 46.3 Å². The van der Waals surface area contributed by atoms with E-state index in [2.05, 4.69) is 10.5 Å². The third-order valence-electron chi connectivity index (χ3n) is 2.65. The molecule has 0 unspecified atom stereocenters. The zero-order chi connectivity index (χ0) is 15.8. The number of hydrogen-bond donors (Lipinski definition) is 1. The van der Waals surface area contributed by atoms with Crippen LogP contribution < -0.4 is 10.2 Å².